The van der Waals surface area contributed by atoms with Crippen molar-refractivity contribution in [3.63, 3.8) is 0 Å². The molecule has 0 radical (unpaired) electrons. The van der Waals surface area contributed by atoms with Gasteiger partial charge < -0.3 is 15.1 Å². The lowest BCUT2D eigenvalue weighted by Gasteiger charge is -2.38. The van der Waals surface area contributed by atoms with Gasteiger partial charge in [-0.2, -0.15) is 0 Å². The van der Waals surface area contributed by atoms with Gasteiger partial charge in [-0.1, -0.05) is 54.6 Å². The molecule has 1 N–H and O–H groups in total. The Labute approximate surface area is 213 Å². The van der Waals surface area contributed by atoms with Crippen molar-refractivity contribution in [2.45, 2.75) is 38.3 Å². The topological polar surface area (TPSA) is 65.5 Å². The molecule has 1 aromatic heterocycles. The zero-order chi connectivity index (χ0) is 24.8. The van der Waals surface area contributed by atoms with Gasteiger partial charge in [-0.25, -0.2) is 0 Å². The minimum Gasteiger partial charge on any atom is -0.345 e. The second-order valence-electron chi connectivity index (χ2n) is 10.1. The molecule has 2 fully saturated rings. The van der Waals surface area contributed by atoms with Gasteiger partial charge in [-0.15, -0.1) is 0 Å². The predicted octanol–water partition coefficient (Wildman–Crippen LogP) is 4.46. The molecule has 5 rings (SSSR count). The fourth-order valence-corrected chi connectivity index (χ4v) is 5.57. The van der Waals surface area contributed by atoms with E-state index in [9.17, 15) is 9.59 Å². The number of amides is 2. The van der Waals surface area contributed by atoms with Gasteiger partial charge in [-0.05, 0) is 68.1 Å². The first kappa shape index (κ1) is 24.2. The number of pyridine rings is 1. The molecule has 186 valence electrons. The van der Waals surface area contributed by atoms with Gasteiger partial charge in [0.2, 0.25) is 5.91 Å². The number of rotatable bonds is 8. The number of hydrogen-bond acceptors (Lipinski definition) is 4. The maximum Gasteiger partial charge on any atom is 0.251 e. The van der Waals surface area contributed by atoms with Gasteiger partial charge in [0.25, 0.3) is 5.91 Å². The Balaban J connectivity index is 1.17. The molecular weight excluding hydrogens is 448 g/mol. The lowest BCUT2D eigenvalue weighted by molar-refractivity contribution is -0.138. The van der Waals surface area contributed by atoms with Crippen LogP contribution in [0.1, 0.15) is 53.2 Å². The summed E-state index contributed by atoms with van der Waals surface area (Å²) < 4.78 is 0. The van der Waals surface area contributed by atoms with E-state index in [-0.39, 0.29) is 17.4 Å². The highest BCUT2D eigenvalue weighted by Gasteiger charge is 2.47. The van der Waals surface area contributed by atoms with E-state index in [4.69, 9.17) is 0 Å². The van der Waals surface area contributed by atoms with Crippen LogP contribution in [0.15, 0.2) is 85.2 Å². The molecule has 36 heavy (non-hydrogen) atoms. The number of aromatic nitrogens is 1. The quantitative estimate of drug-likeness (QED) is 0.515. The molecule has 0 bridgehead atoms. The van der Waals surface area contributed by atoms with Crippen LogP contribution < -0.4 is 5.32 Å². The predicted molar refractivity (Wildman–Crippen MR) is 140 cm³/mol. The molecule has 2 aliphatic heterocycles. The number of hydrogen-bond donors (Lipinski definition) is 1. The lowest BCUT2D eigenvalue weighted by Crippen LogP contribution is -2.45. The summed E-state index contributed by atoms with van der Waals surface area (Å²) in [6.07, 6.45) is 7.20. The second-order valence-corrected chi connectivity index (χ2v) is 10.1. The Hall–Kier alpha value is -3.51. The Kier molecular flexibility index (Phi) is 7.42. The van der Waals surface area contributed by atoms with Gasteiger partial charge in [-0.3, -0.25) is 14.6 Å². The van der Waals surface area contributed by atoms with Gasteiger partial charge in [0.05, 0.1) is 11.5 Å². The van der Waals surface area contributed by atoms with E-state index in [0.717, 1.165) is 63.0 Å². The number of nitrogens with zero attached hydrogens (tertiary/aromatic N) is 3. The van der Waals surface area contributed by atoms with Crippen molar-refractivity contribution >= 4 is 11.8 Å². The summed E-state index contributed by atoms with van der Waals surface area (Å²) in [4.78, 5) is 34.9. The van der Waals surface area contributed by atoms with Gasteiger partial charge in [0.1, 0.15) is 0 Å². The number of nitrogens with one attached hydrogen (secondary N) is 1. The number of piperidine rings is 1. The van der Waals surface area contributed by atoms with Crippen molar-refractivity contribution < 1.29 is 9.59 Å². The number of likely N-dealkylation sites (tertiary alicyclic amines) is 2. The summed E-state index contributed by atoms with van der Waals surface area (Å²) >= 11 is 0. The summed E-state index contributed by atoms with van der Waals surface area (Å²) in [6.45, 7) is 4.20. The fourth-order valence-electron chi connectivity index (χ4n) is 5.57. The van der Waals surface area contributed by atoms with E-state index in [1.165, 1.54) is 0 Å². The Morgan fingerprint density at radius 1 is 0.917 bits per heavy atom. The molecule has 2 aliphatic rings. The minimum atomic E-state index is -0.209. The molecule has 2 saturated heterocycles. The zero-order valence-corrected chi connectivity index (χ0v) is 20.7. The van der Waals surface area contributed by atoms with Gasteiger partial charge in [0.15, 0.2) is 0 Å². The van der Waals surface area contributed by atoms with Crippen molar-refractivity contribution in [2.75, 3.05) is 26.2 Å². The molecular formula is C30H34N4O2. The summed E-state index contributed by atoms with van der Waals surface area (Å²) in [7, 11) is 0. The standard InChI is InChI=1S/C30H34N4O2/c35-28(26-11-5-2-6-12-26)32-27(25-9-3-1-4-10-25)13-18-33-19-14-30(15-20-33)16-21-34(29(30)36)23-24-8-7-17-31-22-24/h1-12,17,22,27H,13-16,18-21,23H2,(H,32,35). The monoisotopic (exact) mass is 482 g/mol. The average molecular weight is 483 g/mol. The molecule has 3 aromatic rings. The van der Waals surface area contributed by atoms with Gasteiger partial charge >= 0.3 is 0 Å². The third-order valence-electron chi connectivity index (χ3n) is 7.79. The van der Waals surface area contributed by atoms with Crippen LogP contribution in [0, 0.1) is 5.41 Å². The molecule has 0 saturated carbocycles. The largest absolute Gasteiger partial charge is 0.345 e. The molecule has 2 aromatic carbocycles. The zero-order valence-electron chi connectivity index (χ0n) is 20.7. The van der Waals surface area contributed by atoms with E-state index >= 15 is 0 Å². The maximum atomic E-state index is 13.3. The van der Waals surface area contributed by atoms with E-state index in [0.29, 0.717) is 18.0 Å². The number of benzene rings is 2. The molecule has 1 spiro atoms. The second kappa shape index (κ2) is 11.0. The molecule has 1 unspecified atom stereocenters. The van der Waals surface area contributed by atoms with Crippen LogP contribution in [0.4, 0.5) is 0 Å². The molecule has 3 heterocycles. The minimum absolute atomic E-state index is 0.0488. The van der Waals surface area contributed by atoms with Crippen LogP contribution in [0.5, 0.6) is 0 Å². The van der Waals surface area contributed by atoms with Crippen molar-refractivity contribution in [3.8, 4) is 0 Å². The Bertz CT molecular complexity index is 1150. The summed E-state index contributed by atoms with van der Waals surface area (Å²) in [5.41, 5.74) is 2.67. The van der Waals surface area contributed by atoms with Crippen LogP contribution in [-0.2, 0) is 11.3 Å². The third kappa shape index (κ3) is 5.49. The summed E-state index contributed by atoms with van der Waals surface area (Å²) in [6, 6.07) is 23.5. The van der Waals surface area contributed by atoms with Crippen LogP contribution >= 0.6 is 0 Å². The van der Waals surface area contributed by atoms with E-state index < -0.39 is 0 Å². The van der Waals surface area contributed by atoms with E-state index in [2.05, 4.69) is 27.3 Å². The van der Waals surface area contributed by atoms with Crippen LogP contribution in [-0.4, -0.2) is 52.8 Å². The average Bonchev–Trinajstić information content (AvgIpc) is 3.23. The van der Waals surface area contributed by atoms with Crippen molar-refractivity contribution in [2.24, 2.45) is 5.41 Å². The Morgan fingerprint density at radius 3 is 2.31 bits per heavy atom. The molecule has 6 nitrogen and oxygen atoms in total. The van der Waals surface area contributed by atoms with Crippen LogP contribution in [0.2, 0.25) is 0 Å². The first-order chi connectivity index (χ1) is 17.6. The molecule has 0 aliphatic carbocycles. The smallest absolute Gasteiger partial charge is 0.251 e. The maximum absolute atomic E-state index is 13.3. The highest BCUT2D eigenvalue weighted by atomic mass is 16.2. The molecule has 2 amide bonds. The molecule has 1 atom stereocenters. The van der Waals surface area contributed by atoms with Crippen molar-refractivity contribution in [1.29, 1.82) is 0 Å². The van der Waals surface area contributed by atoms with Crippen LogP contribution in [0.25, 0.3) is 0 Å². The third-order valence-corrected chi connectivity index (χ3v) is 7.79. The SMILES string of the molecule is O=C(NC(CCN1CCC2(CC1)CCN(Cc1cccnc1)C2=O)c1ccccc1)c1ccccc1. The number of carbonyl (C=O) groups excluding carboxylic acids is 2. The first-order valence-corrected chi connectivity index (χ1v) is 12.9. The molecule has 6 heteroatoms. The van der Waals surface area contributed by atoms with Gasteiger partial charge in [0, 0.05) is 37.6 Å². The summed E-state index contributed by atoms with van der Waals surface area (Å²) in [5.74, 6) is 0.260. The first-order valence-electron chi connectivity index (χ1n) is 12.9. The van der Waals surface area contributed by atoms with E-state index in [1.54, 1.807) is 6.20 Å². The normalized spacial score (nSPS) is 18.3. The van der Waals surface area contributed by atoms with Crippen LogP contribution in [0.3, 0.4) is 0 Å². The number of carbonyl (C=O) groups is 2. The van der Waals surface area contributed by atoms with E-state index in [1.807, 2.05) is 71.8 Å². The lowest BCUT2D eigenvalue weighted by atomic mass is 9.77. The highest BCUT2D eigenvalue weighted by Crippen LogP contribution is 2.42. The Morgan fingerprint density at radius 2 is 1.61 bits per heavy atom. The van der Waals surface area contributed by atoms with Crippen molar-refractivity contribution in [1.82, 2.24) is 20.1 Å². The van der Waals surface area contributed by atoms with Crippen molar-refractivity contribution in [3.05, 3.63) is 102 Å². The fraction of sp³-hybridized carbons (Fsp3) is 0.367. The summed E-state index contributed by atoms with van der Waals surface area (Å²) in [5, 5.41) is 3.24. The highest BCUT2D eigenvalue weighted by molar-refractivity contribution is 5.94.